The van der Waals surface area contributed by atoms with Crippen LogP contribution >= 0.6 is 11.3 Å². The number of nitrogens with two attached hydrogens (primary N) is 1. The quantitative estimate of drug-likeness (QED) is 0.345. The molecule has 1 aliphatic heterocycles. The van der Waals surface area contributed by atoms with Gasteiger partial charge in [-0.15, -0.1) is 11.3 Å². The highest BCUT2D eigenvalue weighted by Crippen LogP contribution is 2.32. The van der Waals surface area contributed by atoms with E-state index in [1.54, 1.807) is 0 Å². The molecule has 1 aromatic heterocycles. The monoisotopic (exact) mass is 435 g/mol. The van der Waals surface area contributed by atoms with Gasteiger partial charge >= 0.3 is 0 Å². The summed E-state index contributed by atoms with van der Waals surface area (Å²) in [4.78, 5) is 27.3. The molecule has 1 saturated carbocycles. The van der Waals surface area contributed by atoms with Crippen LogP contribution in [0.5, 0.6) is 0 Å². The number of rotatable bonds is 5. The van der Waals surface area contributed by atoms with Crippen molar-refractivity contribution in [2.24, 2.45) is 5.73 Å². The summed E-state index contributed by atoms with van der Waals surface area (Å²) < 4.78 is 22.2. The molecule has 0 aromatic carbocycles. The number of thiophene rings is 1. The molecule has 1 fully saturated rings. The Hall–Kier alpha value is -2.37. The van der Waals surface area contributed by atoms with E-state index < -0.39 is 20.5 Å². The Labute approximate surface area is 173 Å². The van der Waals surface area contributed by atoms with Gasteiger partial charge in [-0.3, -0.25) is 14.8 Å². The normalized spacial score (nSPS) is 18.6. The van der Waals surface area contributed by atoms with Gasteiger partial charge in [-0.05, 0) is 55.6 Å². The molecule has 10 heteroatoms. The predicted octanol–water partition coefficient (Wildman–Crippen LogP) is 0.249. The van der Waals surface area contributed by atoms with E-state index in [0.29, 0.717) is 11.4 Å². The molecule has 29 heavy (non-hydrogen) atoms. The van der Waals surface area contributed by atoms with E-state index in [2.05, 4.69) is 23.7 Å². The molecule has 0 radical (unpaired) electrons. The molecule has 8 nitrogen and oxygen atoms in total. The van der Waals surface area contributed by atoms with Gasteiger partial charge in [-0.2, -0.15) is 0 Å². The van der Waals surface area contributed by atoms with Crippen molar-refractivity contribution >= 4 is 33.0 Å². The second kappa shape index (κ2) is 7.47. The molecule has 2 aliphatic rings. The van der Waals surface area contributed by atoms with Crippen LogP contribution in [0.4, 0.5) is 0 Å². The Morgan fingerprint density at radius 2 is 2.14 bits per heavy atom. The molecule has 0 saturated heterocycles. The minimum atomic E-state index is -3.81. The van der Waals surface area contributed by atoms with Crippen LogP contribution < -0.4 is 11.2 Å². The third-order valence-corrected chi connectivity index (χ3v) is 8.37. The van der Waals surface area contributed by atoms with Gasteiger partial charge in [0.05, 0.1) is 15.3 Å². The highest BCUT2D eigenvalue weighted by atomic mass is 32.2. The fraction of sp³-hybridized carbons (Fsp3) is 0.474. The van der Waals surface area contributed by atoms with Crippen LogP contribution in [-0.2, 0) is 21.2 Å². The lowest BCUT2D eigenvalue weighted by Gasteiger charge is -2.27. The van der Waals surface area contributed by atoms with Gasteiger partial charge in [0, 0.05) is 19.3 Å². The fourth-order valence-corrected chi connectivity index (χ4v) is 4.67. The summed E-state index contributed by atoms with van der Waals surface area (Å²) in [6, 6.07) is 1.82. The Morgan fingerprint density at radius 1 is 1.45 bits per heavy atom. The molecule has 154 valence electrons. The maximum atomic E-state index is 12.6. The largest absolute Gasteiger partial charge is 0.333 e. The number of carbonyl (C=O) groups is 2. The first-order chi connectivity index (χ1) is 13.5. The van der Waals surface area contributed by atoms with Gasteiger partial charge in [-0.25, -0.2) is 13.9 Å². The topological polar surface area (TPSA) is 130 Å². The maximum Gasteiger partial charge on any atom is 0.264 e. The van der Waals surface area contributed by atoms with E-state index >= 15 is 0 Å². The van der Waals surface area contributed by atoms with Gasteiger partial charge in [0.2, 0.25) is 0 Å². The zero-order valence-electron chi connectivity index (χ0n) is 16.0. The van der Waals surface area contributed by atoms with Crippen molar-refractivity contribution in [1.82, 2.24) is 10.4 Å². The summed E-state index contributed by atoms with van der Waals surface area (Å²) in [5, 5.41) is 8.88. The number of nitrogens with zero attached hydrogens (tertiary/aromatic N) is 1. The lowest BCUT2D eigenvalue weighted by molar-refractivity contribution is -0.131. The van der Waals surface area contributed by atoms with Crippen LogP contribution in [0, 0.1) is 23.7 Å². The SMILES string of the molecule is C[C@@](CCN1Cc2cc(C#CC#CC3(N)CC3)sc2C1=O)(C(=O)NO)S(C)(=O)=O. The van der Waals surface area contributed by atoms with Crippen LogP contribution in [0.2, 0.25) is 0 Å². The average Bonchev–Trinajstić information content (AvgIpc) is 3.14. The van der Waals surface area contributed by atoms with Crippen LogP contribution in [0.25, 0.3) is 0 Å². The third-order valence-electron chi connectivity index (χ3n) is 5.26. The van der Waals surface area contributed by atoms with Crippen molar-refractivity contribution in [1.29, 1.82) is 0 Å². The van der Waals surface area contributed by atoms with Crippen LogP contribution in [0.1, 0.15) is 46.3 Å². The van der Waals surface area contributed by atoms with Gasteiger partial charge in [0.25, 0.3) is 11.8 Å². The first kappa shape index (κ1) is 21.3. The predicted molar refractivity (Wildman–Crippen MR) is 108 cm³/mol. The first-order valence-electron chi connectivity index (χ1n) is 8.87. The van der Waals surface area contributed by atoms with Crippen LogP contribution in [0.3, 0.4) is 0 Å². The average molecular weight is 436 g/mol. The molecule has 0 bridgehead atoms. The van der Waals surface area contributed by atoms with Crippen molar-refractivity contribution in [3.8, 4) is 23.7 Å². The molecule has 4 N–H and O–H groups in total. The smallest absolute Gasteiger partial charge is 0.264 e. The summed E-state index contributed by atoms with van der Waals surface area (Å²) in [5.74, 6) is 10.1. The fourth-order valence-electron chi connectivity index (χ4n) is 2.83. The van der Waals surface area contributed by atoms with Crippen molar-refractivity contribution in [3.63, 3.8) is 0 Å². The Bertz CT molecular complexity index is 1100. The highest BCUT2D eigenvalue weighted by Gasteiger charge is 2.44. The summed E-state index contributed by atoms with van der Waals surface area (Å²) in [6.45, 7) is 1.60. The number of amides is 2. The number of nitrogens with one attached hydrogen (secondary N) is 1. The summed E-state index contributed by atoms with van der Waals surface area (Å²) >= 11 is 1.26. The molecule has 2 amide bonds. The number of fused-ring (bicyclic) bond motifs is 1. The lowest BCUT2D eigenvalue weighted by Crippen LogP contribution is -2.50. The molecule has 1 aromatic rings. The summed E-state index contributed by atoms with van der Waals surface area (Å²) in [7, 11) is -3.81. The molecular formula is C19H21N3O5S2. The number of sulfone groups is 1. The zero-order valence-corrected chi connectivity index (χ0v) is 17.7. The van der Waals surface area contributed by atoms with Crippen LogP contribution in [-0.4, -0.2) is 53.4 Å². The summed E-state index contributed by atoms with van der Waals surface area (Å²) in [5.41, 5.74) is 7.70. The number of carbonyl (C=O) groups excluding carboxylic acids is 2. The zero-order chi connectivity index (χ0) is 21.4. The Morgan fingerprint density at radius 3 is 2.69 bits per heavy atom. The summed E-state index contributed by atoms with van der Waals surface area (Å²) in [6.07, 6.45) is 2.56. The van der Waals surface area contributed by atoms with Gasteiger partial charge < -0.3 is 10.6 Å². The maximum absolute atomic E-state index is 12.6. The lowest BCUT2D eigenvalue weighted by atomic mass is 10.1. The van der Waals surface area contributed by atoms with Crippen molar-refractivity contribution < 1.29 is 23.2 Å². The van der Waals surface area contributed by atoms with Crippen molar-refractivity contribution in [2.75, 3.05) is 12.8 Å². The second-order valence-electron chi connectivity index (χ2n) is 7.54. The molecule has 1 atom stereocenters. The minimum absolute atomic E-state index is 0.0578. The van der Waals surface area contributed by atoms with Crippen molar-refractivity contribution in [3.05, 3.63) is 21.4 Å². The van der Waals surface area contributed by atoms with E-state index in [4.69, 9.17) is 10.9 Å². The number of hydrogen-bond acceptors (Lipinski definition) is 7. The Balaban J connectivity index is 1.67. The standard InChI is InChI=1S/C19H21N3O5S2/c1-18(17(24)21-25,29(2,26)27)9-10-22-12-13-11-14(28-15(13)16(22)23)5-3-4-6-19(20)7-8-19/h11,25H,7-10,12,20H2,1-2H3,(H,21,24)/t18-/m1/s1. The first-order valence-corrected chi connectivity index (χ1v) is 11.6. The number of hydroxylamine groups is 1. The van der Waals surface area contributed by atoms with Crippen LogP contribution in [0.15, 0.2) is 6.07 Å². The third kappa shape index (κ3) is 4.31. The van der Waals surface area contributed by atoms with Gasteiger partial charge in [0.15, 0.2) is 14.6 Å². The highest BCUT2D eigenvalue weighted by molar-refractivity contribution is 7.92. The van der Waals surface area contributed by atoms with E-state index in [1.807, 2.05) is 6.07 Å². The van der Waals surface area contributed by atoms with E-state index in [0.717, 1.165) is 29.5 Å². The Kier molecular flexibility index (Phi) is 5.50. The van der Waals surface area contributed by atoms with Gasteiger partial charge in [0.1, 0.15) is 0 Å². The van der Waals surface area contributed by atoms with Gasteiger partial charge in [-0.1, -0.05) is 5.92 Å². The number of hydrogen-bond donors (Lipinski definition) is 3. The van der Waals surface area contributed by atoms with E-state index in [-0.39, 0.29) is 24.4 Å². The molecular weight excluding hydrogens is 414 g/mol. The minimum Gasteiger partial charge on any atom is -0.333 e. The second-order valence-corrected chi connectivity index (χ2v) is 11.0. The molecule has 1 aliphatic carbocycles. The van der Waals surface area contributed by atoms with E-state index in [9.17, 15) is 18.0 Å². The molecule has 0 unspecified atom stereocenters. The van der Waals surface area contributed by atoms with E-state index in [1.165, 1.54) is 28.6 Å². The van der Waals surface area contributed by atoms with Crippen molar-refractivity contribution in [2.45, 2.75) is 43.0 Å². The molecule has 2 heterocycles. The molecule has 3 rings (SSSR count). The molecule has 0 spiro atoms.